The van der Waals surface area contributed by atoms with Gasteiger partial charge in [-0.15, -0.1) is 0 Å². The largest absolute Gasteiger partial charge is 0.507 e. The second-order valence-corrected chi connectivity index (χ2v) is 28.6. The summed E-state index contributed by atoms with van der Waals surface area (Å²) in [6.07, 6.45) is 17.9. The molecule has 0 aromatic heterocycles. The van der Waals surface area contributed by atoms with E-state index in [4.69, 9.17) is 9.47 Å². The maximum Gasteiger partial charge on any atom is 0.127 e. The fourth-order valence-corrected chi connectivity index (χ4v) is 17.6. The highest BCUT2D eigenvalue weighted by molar-refractivity contribution is 5.80. The van der Waals surface area contributed by atoms with E-state index in [1.165, 1.54) is 99.3 Å². The minimum absolute atomic E-state index is 0.0463. The summed E-state index contributed by atoms with van der Waals surface area (Å²) < 4.78 is 14.0. The Labute approximate surface area is 417 Å². The van der Waals surface area contributed by atoms with Gasteiger partial charge in [0.15, 0.2) is 0 Å². The molecule has 4 heteroatoms. The van der Waals surface area contributed by atoms with Crippen molar-refractivity contribution in [3.63, 3.8) is 0 Å². The zero-order valence-corrected chi connectivity index (χ0v) is 44.9. The van der Waals surface area contributed by atoms with Crippen LogP contribution in [0, 0.1) is 46.3 Å². The summed E-state index contributed by atoms with van der Waals surface area (Å²) in [7, 11) is 0. The quantitative estimate of drug-likeness (QED) is 0.132. The summed E-state index contributed by atoms with van der Waals surface area (Å²) in [6, 6.07) is 26.3. The number of rotatable bonds is 14. The predicted octanol–water partition coefficient (Wildman–Crippen LogP) is 17.4. The van der Waals surface area contributed by atoms with Crippen LogP contribution in [0.2, 0.25) is 0 Å². The van der Waals surface area contributed by atoms with Crippen molar-refractivity contribution in [2.45, 2.75) is 213 Å². The molecule has 372 valence electrons. The monoisotopic (exact) mass is 933 g/mol. The summed E-state index contributed by atoms with van der Waals surface area (Å²) in [5.41, 5.74) is 8.99. The number of phenolic OH excluding ortho intramolecular Hbond substituents is 2. The van der Waals surface area contributed by atoms with Gasteiger partial charge in [-0.25, -0.2) is 0 Å². The Morgan fingerprint density at radius 1 is 0.464 bits per heavy atom. The van der Waals surface area contributed by atoms with Crippen molar-refractivity contribution in [1.82, 2.24) is 0 Å². The van der Waals surface area contributed by atoms with Gasteiger partial charge in [-0.05, 0) is 207 Å². The van der Waals surface area contributed by atoms with Crippen molar-refractivity contribution in [2.24, 2.45) is 46.3 Å². The Kier molecular flexibility index (Phi) is 12.3. The standard InChI is InChI=1S/C65H88O4/c1-40(68-56-19-15-13-17-50(56)52-28-48(62(9,10)38-60(3,4)5)30-54(58(52)66)64-32-42-22-43(33-64)24-44(23-42)34-64)21-41(2)69-57-20-16-14-18-51(57)53-29-49(63(11,12)39-61(6,7)8)31-55(59(53)67)65-35-45-25-46(36-65)27-47(26-45)37-65/h13-20,28-31,40-47,66-67H,21-27,32-39H2,1-12H3/t40-,41+,42?,43?,44?,45?,46?,47?,64?,65?. The van der Waals surface area contributed by atoms with Crippen LogP contribution < -0.4 is 9.47 Å². The molecule has 0 aliphatic heterocycles. The molecule has 8 aliphatic carbocycles. The van der Waals surface area contributed by atoms with Crippen LogP contribution in [0.4, 0.5) is 0 Å². The summed E-state index contributed by atoms with van der Waals surface area (Å²) in [5, 5.41) is 25.4. The number of hydrogen-bond donors (Lipinski definition) is 2. The van der Waals surface area contributed by atoms with Gasteiger partial charge in [0.05, 0.1) is 12.2 Å². The molecule has 4 aromatic rings. The van der Waals surface area contributed by atoms with E-state index in [0.717, 1.165) is 82.1 Å². The third kappa shape index (κ3) is 9.64. The fourth-order valence-electron chi connectivity index (χ4n) is 17.6. The first-order chi connectivity index (χ1) is 32.4. The molecule has 2 atom stereocenters. The molecule has 0 heterocycles. The van der Waals surface area contributed by atoms with Gasteiger partial charge < -0.3 is 19.7 Å². The fraction of sp³-hybridized carbons (Fsp3) is 0.631. The summed E-state index contributed by atoms with van der Waals surface area (Å²) in [5.74, 6) is 7.21. The van der Waals surface area contributed by atoms with Gasteiger partial charge >= 0.3 is 0 Å². The molecule has 4 aromatic carbocycles. The van der Waals surface area contributed by atoms with Crippen LogP contribution >= 0.6 is 0 Å². The van der Waals surface area contributed by atoms with Crippen molar-refractivity contribution >= 4 is 0 Å². The molecular formula is C65H88O4. The van der Waals surface area contributed by atoms with E-state index < -0.39 is 0 Å². The smallest absolute Gasteiger partial charge is 0.127 e. The van der Waals surface area contributed by atoms with Crippen LogP contribution in [0.3, 0.4) is 0 Å². The van der Waals surface area contributed by atoms with E-state index in [1.807, 2.05) is 0 Å². The summed E-state index contributed by atoms with van der Waals surface area (Å²) >= 11 is 0. The van der Waals surface area contributed by atoms with Gasteiger partial charge in [0.25, 0.3) is 0 Å². The third-order valence-corrected chi connectivity index (χ3v) is 18.6. The number of phenols is 2. The summed E-state index contributed by atoms with van der Waals surface area (Å²) in [4.78, 5) is 0. The van der Waals surface area contributed by atoms with E-state index in [0.29, 0.717) is 17.9 Å². The average Bonchev–Trinajstić information content (AvgIpc) is 3.21. The predicted molar refractivity (Wildman–Crippen MR) is 286 cm³/mol. The lowest BCUT2D eigenvalue weighted by Gasteiger charge is -2.57. The number of para-hydroxylation sites is 2. The van der Waals surface area contributed by atoms with E-state index in [-0.39, 0.29) is 44.7 Å². The number of hydrogen-bond acceptors (Lipinski definition) is 4. The molecule has 0 radical (unpaired) electrons. The Hall–Kier alpha value is -3.92. The lowest BCUT2D eigenvalue weighted by molar-refractivity contribution is -0.00632. The second kappa shape index (κ2) is 17.4. The maximum atomic E-state index is 12.7. The lowest BCUT2D eigenvalue weighted by atomic mass is 9.47. The minimum atomic E-state index is -0.170. The van der Waals surface area contributed by atoms with Crippen LogP contribution in [0.15, 0.2) is 72.8 Å². The molecule has 69 heavy (non-hydrogen) atoms. The van der Waals surface area contributed by atoms with E-state index in [2.05, 4.69) is 156 Å². The van der Waals surface area contributed by atoms with Gasteiger partial charge in [0.2, 0.25) is 0 Å². The van der Waals surface area contributed by atoms with Gasteiger partial charge in [-0.3, -0.25) is 0 Å². The van der Waals surface area contributed by atoms with Crippen LogP contribution in [-0.2, 0) is 21.7 Å². The van der Waals surface area contributed by atoms with Gasteiger partial charge in [0, 0.05) is 39.8 Å². The molecule has 0 unspecified atom stereocenters. The van der Waals surface area contributed by atoms with Gasteiger partial charge in [0.1, 0.15) is 23.0 Å². The van der Waals surface area contributed by atoms with E-state index in [9.17, 15) is 10.2 Å². The molecule has 8 bridgehead atoms. The molecule has 8 fully saturated rings. The first kappa shape index (κ1) is 48.7. The second-order valence-electron chi connectivity index (χ2n) is 28.6. The molecule has 2 N–H and O–H groups in total. The highest BCUT2D eigenvalue weighted by atomic mass is 16.5. The van der Waals surface area contributed by atoms with Crippen LogP contribution in [0.1, 0.15) is 202 Å². The minimum Gasteiger partial charge on any atom is -0.507 e. The molecule has 0 spiro atoms. The van der Waals surface area contributed by atoms with Crippen molar-refractivity contribution in [1.29, 1.82) is 0 Å². The third-order valence-electron chi connectivity index (χ3n) is 18.6. The zero-order valence-electron chi connectivity index (χ0n) is 44.9. The zero-order chi connectivity index (χ0) is 49.1. The molecule has 0 saturated heterocycles. The lowest BCUT2D eigenvalue weighted by Crippen LogP contribution is -2.48. The molecular weight excluding hydrogens is 845 g/mol. The molecule has 12 rings (SSSR count). The Balaban J connectivity index is 0.944. The van der Waals surface area contributed by atoms with Crippen LogP contribution in [0.5, 0.6) is 23.0 Å². The number of aromatic hydroxyl groups is 2. The van der Waals surface area contributed by atoms with Gasteiger partial charge in [-0.2, -0.15) is 0 Å². The molecule has 8 aliphatic rings. The van der Waals surface area contributed by atoms with Crippen LogP contribution in [0.25, 0.3) is 22.3 Å². The van der Waals surface area contributed by atoms with Crippen molar-refractivity contribution in [3.8, 4) is 45.3 Å². The van der Waals surface area contributed by atoms with Crippen molar-refractivity contribution < 1.29 is 19.7 Å². The van der Waals surface area contributed by atoms with E-state index >= 15 is 0 Å². The summed E-state index contributed by atoms with van der Waals surface area (Å²) in [6.45, 7) is 28.0. The highest BCUT2D eigenvalue weighted by Gasteiger charge is 2.54. The molecule has 0 amide bonds. The number of benzene rings is 4. The van der Waals surface area contributed by atoms with Crippen molar-refractivity contribution in [2.75, 3.05) is 0 Å². The highest BCUT2D eigenvalue weighted by Crippen LogP contribution is 2.65. The first-order valence-electron chi connectivity index (χ1n) is 27.6. The normalized spacial score (nSPS) is 29.3. The molecule has 4 nitrogen and oxygen atoms in total. The maximum absolute atomic E-state index is 12.7. The van der Waals surface area contributed by atoms with Crippen LogP contribution in [-0.4, -0.2) is 22.4 Å². The topological polar surface area (TPSA) is 58.9 Å². The van der Waals surface area contributed by atoms with Crippen molar-refractivity contribution in [3.05, 3.63) is 95.1 Å². The Morgan fingerprint density at radius 2 is 0.768 bits per heavy atom. The molecule has 8 saturated carbocycles. The number of ether oxygens (including phenoxy) is 2. The Morgan fingerprint density at radius 3 is 1.07 bits per heavy atom. The van der Waals surface area contributed by atoms with E-state index in [1.54, 1.807) is 0 Å². The van der Waals surface area contributed by atoms with Gasteiger partial charge in [-0.1, -0.05) is 118 Å². The first-order valence-corrected chi connectivity index (χ1v) is 27.6. The Bertz CT molecular complexity index is 2300. The average molecular weight is 933 g/mol. The SMILES string of the molecule is C[C@H](C[C@H](C)Oc1ccccc1-c1cc(C(C)(C)CC(C)(C)C)cc(C23CC4CC(CC(C4)C2)C3)c1O)Oc1ccccc1-c1cc(C(C)(C)CC(C)(C)C)cc(C23CC4CC(CC(C4)C2)C3)c1O.